The summed E-state index contributed by atoms with van der Waals surface area (Å²) < 4.78 is 1.98. The van der Waals surface area contributed by atoms with Gasteiger partial charge in [0.25, 0.3) is 0 Å². The summed E-state index contributed by atoms with van der Waals surface area (Å²) in [5.74, 6) is 1.75. The summed E-state index contributed by atoms with van der Waals surface area (Å²) in [6, 6.07) is 4.23. The van der Waals surface area contributed by atoms with Gasteiger partial charge in [-0.3, -0.25) is 4.68 Å². The molecule has 2 aliphatic rings. The second-order valence-corrected chi connectivity index (χ2v) is 7.98. The van der Waals surface area contributed by atoms with Gasteiger partial charge in [-0.05, 0) is 33.0 Å². The summed E-state index contributed by atoms with van der Waals surface area (Å²) >= 11 is 0. The van der Waals surface area contributed by atoms with E-state index in [4.69, 9.17) is 0 Å². The molecule has 2 aromatic heterocycles. The summed E-state index contributed by atoms with van der Waals surface area (Å²) in [6.45, 7) is 3.87. The van der Waals surface area contributed by atoms with Crippen LogP contribution in [-0.2, 0) is 19.7 Å². The van der Waals surface area contributed by atoms with Crippen LogP contribution >= 0.6 is 0 Å². The van der Waals surface area contributed by atoms with E-state index in [0.29, 0.717) is 18.8 Å². The number of hydrogen-bond donors (Lipinski definition) is 2. The Bertz CT molecular complexity index is 809. The van der Waals surface area contributed by atoms with E-state index in [0.717, 1.165) is 49.8 Å². The molecule has 9 heteroatoms. The first-order valence-electron chi connectivity index (χ1n) is 9.86. The highest BCUT2D eigenvalue weighted by Gasteiger charge is 2.32. The van der Waals surface area contributed by atoms with Crippen LogP contribution in [0.15, 0.2) is 18.5 Å². The summed E-state index contributed by atoms with van der Waals surface area (Å²) in [7, 11) is 4.10. The van der Waals surface area contributed by atoms with E-state index in [2.05, 4.69) is 43.9 Å². The number of hydrogen-bond acceptors (Lipinski definition) is 8. The zero-order chi connectivity index (χ0) is 19.7. The van der Waals surface area contributed by atoms with E-state index in [1.807, 2.05) is 16.8 Å². The van der Waals surface area contributed by atoms with Gasteiger partial charge in [-0.1, -0.05) is 0 Å². The van der Waals surface area contributed by atoms with Crippen LogP contribution in [0.3, 0.4) is 0 Å². The molecule has 2 aromatic rings. The topological polar surface area (TPSA) is 93.8 Å². The molecule has 0 aromatic carbocycles. The van der Waals surface area contributed by atoms with Gasteiger partial charge in [0.1, 0.15) is 18.0 Å². The van der Waals surface area contributed by atoms with E-state index < -0.39 is 0 Å². The average molecular weight is 387 g/mol. The number of β-amino-alcohol motifs (C(OH)–C–C–N with tert-alkyl or cyclic N) is 1. The highest BCUT2D eigenvalue weighted by atomic mass is 16.3. The summed E-state index contributed by atoms with van der Waals surface area (Å²) in [6.07, 6.45) is 3.01. The van der Waals surface area contributed by atoms with Crippen LogP contribution in [-0.4, -0.2) is 80.7 Å². The van der Waals surface area contributed by atoms with E-state index in [1.54, 1.807) is 6.33 Å². The summed E-state index contributed by atoms with van der Waals surface area (Å²) in [5.41, 5.74) is 1.79. The lowest BCUT2D eigenvalue weighted by atomic mass is 10.2. The number of anilines is 2. The average Bonchev–Trinajstić information content (AvgIpc) is 3.17. The summed E-state index contributed by atoms with van der Waals surface area (Å²) in [5, 5.41) is 24.0. The number of aryl methyl sites for hydroxylation is 1. The molecule has 0 aliphatic carbocycles. The van der Waals surface area contributed by atoms with E-state index in [1.165, 1.54) is 0 Å². The molecule has 0 bridgehead atoms. The van der Waals surface area contributed by atoms with Crippen LogP contribution in [0.25, 0.3) is 0 Å². The predicted octanol–water partition coefficient (Wildman–Crippen LogP) is 0.0769. The van der Waals surface area contributed by atoms with Crippen molar-refractivity contribution in [2.24, 2.45) is 0 Å². The minimum atomic E-state index is -0.326. The normalized spacial score (nSPS) is 22.6. The molecule has 0 unspecified atom stereocenters. The Kier molecular flexibility index (Phi) is 5.47. The molecule has 0 amide bonds. The zero-order valence-corrected chi connectivity index (χ0v) is 16.6. The fourth-order valence-electron chi connectivity index (χ4n) is 4.23. The highest BCUT2D eigenvalue weighted by molar-refractivity contribution is 5.52. The Balaban J connectivity index is 1.56. The van der Waals surface area contributed by atoms with Crippen molar-refractivity contribution < 1.29 is 10.2 Å². The molecule has 28 heavy (non-hydrogen) atoms. The second-order valence-electron chi connectivity index (χ2n) is 7.98. The lowest BCUT2D eigenvalue weighted by Gasteiger charge is -2.29. The second kappa shape index (κ2) is 8.02. The quantitative estimate of drug-likeness (QED) is 0.745. The molecule has 0 radical (unpaired) electrons. The number of fused-ring (bicyclic) bond motifs is 1. The van der Waals surface area contributed by atoms with Gasteiger partial charge in [0.05, 0.1) is 30.6 Å². The van der Waals surface area contributed by atoms with Gasteiger partial charge in [0, 0.05) is 38.3 Å². The van der Waals surface area contributed by atoms with Crippen molar-refractivity contribution in [2.75, 3.05) is 43.5 Å². The molecule has 152 valence electrons. The molecule has 4 heterocycles. The van der Waals surface area contributed by atoms with Crippen molar-refractivity contribution in [3.05, 3.63) is 29.8 Å². The largest absolute Gasteiger partial charge is 0.391 e. The molecular weight excluding hydrogens is 358 g/mol. The van der Waals surface area contributed by atoms with Crippen molar-refractivity contribution >= 4 is 11.6 Å². The molecule has 1 saturated heterocycles. The van der Waals surface area contributed by atoms with Gasteiger partial charge in [0.2, 0.25) is 0 Å². The molecule has 2 N–H and O–H groups in total. The van der Waals surface area contributed by atoms with Crippen LogP contribution in [0.4, 0.5) is 11.6 Å². The highest BCUT2D eigenvalue weighted by Crippen LogP contribution is 2.28. The number of aromatic nitrogens is 4. The Morgan fingerprint density at radius 3 is 2.79 bits per heavy atom. The van der Waals surface area contributed by atoms with Crippen LogP contribution in [0, 0.1) is 0 Å². The van der Waals surface area contributed by atoms with E-state index in [-0.39, 0.29) is 18.8 Å². The molecule has 0 spiro atoms. The third-order valence-electron chi connectivity index (χ3n) is 5.45. The molecule has 2 atom stereocenters. The minimum Gasteiger partial charge on any atom is -0.391 e. The van der Waals surface area contributed by atoms with Crippen molar-refractivity contribution in [1.29, 1.82) is 0 Å². The molecule has 4 rings (SSSR count). The number of aliphatic hydroxyl groups is 2. The number of nitrogens with zero attached hydrogens (tertiary/aromatic N) is 7. The van der Waals surface area contributed by atoms with Gasteiger partial charge < -0.3 is 24.9 Å². The smallest absolute Gasteiger partial charge is 0.134 e. The van der Waals surface area contributed by atoms with Gasteiger partial charge in [0.15, 0.2) is 0 Å². The third kappa shape index (κ3) is 3.96. The number of rotatable bonds is 5. The maximum absolute atomic E-state index is 10.2. The zero-order valence-electron chi connectivity index (χ0n) is 16.6. The predicted molar refractivity (Wildman–Crippen MR) is 106 cm³/mol. The molecular formula is C19H29N7O2. The number of likely N-dealkylation sites (N-methyl/N-ethyl adjacent to an activating group) is 1. The van der Waals surface area contributed by atoms with E-state index >= 15 is 0 Å². The van der Waals surface area contributed by atoms with Gasteiger partial charge in [-0.15, -0.1) is 0 Å². The van der Waals surface area contributed by atoms with Crippen molar-refractivity contribution in [3.63, 3.8) is 0 Å². The fourth-order valence-corrected chi connectivity index (χ4v) is 4.23. The SMILES string of the molecule is CN(C)C[C@H]1C[C@@H](O)CN1c1cc(N2CCCn3nc(CO)cc3C2)ncn1. The van der Waals surface area contributed by atoms with Gasteiger partial charge in [-0.2, -0.15) is 5.10 Å². The van der Waals surface area contributed by atoms with Gasteiger partial charge in [-0.25, -0.2) is 9.97 Å². The lowest BCUT2D eigenvalue weighted by molar-refractivity contribution is 0.191. The molecule has 0 saturated carbocycles. The molecule has 1 fully saturated rings. The Morgan fingerprint density at radius 2 is 2.00 bits per heavy atom. The first kappa shape index (κ1) is 19.1. The van der Waals surface area contributed by atoms with Gasteiger partial charge >= 0.3 is 0 Å². The Morgan fingerprint density at radius 1 is 1.18 bits per heavy atom. The standard InChI is InChI=1S/C19H29N7O2/c1-23(2)9-15-7-17(28)11-25(15)19-8-18(20-13-21-19)24-4-3-5-26-16(10-24)6-14(12-27)22-26/h6,8,13,15,17,27-28H,3-5,7,9-12H2,1-2H3/t15-,17-/m1/s1. The maximum Gasteiger partial charge on any atom is 0.134 e. The first-order valence-corrected chi connectivity index (χ1v) is 9.86. The molecule has 9 nitrogen and oxygen atoms in total. The minimum absolute atomic E-state index is 0.0395. The van der Waals surface area contributed by atoms with Crippen LogP contribution < -0.4 is 9.80 Å². The number of aliphatic hydroxyl groups excluding tert-OH is 2. The van der Waals surface area contributed by atoms with Crippen LogP contribution in [0.5, 0.6) is 0 Å². The monoisotopic (exact) mass is 387 g/mol. The lowest BCUT2D eigenvalue weighted by Crippen LogP contribution is -2.38. The summed E-state index contributed by atoms with van der Waals surface area (Å²) in [4.78, 5) is 15.6. The fraction of sp³-hybridized carbons (Fsp3) is 0.632. The van der Waals surface area contributed by atoms with Crippen molar-refractivity contribution in [2.45, 2.75) is 44.7 Å². The van der Waals surface area contributed by atoms with Crippen LogP contribution in [0.1, 0.15) is 24.2 Å². The molecule has 2 aliphatic heterocycles. The van der Waals surface area contributed by atoms with Crippen molar-refractivity contribution in [1.82, 2.24) is 24.6 Å². The Hall–Kier alpha value is -2.23. The first-order chi connectivity index (χ1) is 13.5. The van der Waals surface area contributed by atoms with Crippen LogP contribution in [0.2, 0.25) is 0 Å². The van der Waals surface area contributed by atoms with Crippen molar-refractivity contribution in [3.8, 4) is 0 Å². The Labute approximate surface area is 165 Å². The third-order valence-corrected chi connectivity index (χ3v) is 5.45. The maximum atomic E-state index is 10.2. The van der Waals surface area contributed by atoms with E-state index in [9.17, 15) is 10.2 Å².